The summed E-state index contributed by atoms with van der Waals surface area (Å²) in [6, 6.07) is 14.8. The van der Waals surface area contributed by atoms with Gasteiger partial charge in [-0.2, -0.15) is 4.73 Å². The van der Waals surface area contributed by atoms with Gasteiger partial charge in [-0.25, -0.2) is 0 Å². The summed E-state index contributed by atoms with van der Waals surface area (Å²) in [7, 11) is 0. The van der Waals surface area contributed by atoms with Gasteiger partial charge in [0.15, 0.2) is 6.20 Å². The van der Waals surface area contributed by atoms with Crippen LogP contribution >= 0.6 is 0 Å². The Kier molecular flexibility index (Phi) is 5.08. The van der Waals surface area contributed by atoms with Crippen LogP contribution in [-0.2, 0) is 6.54 Å². The van der Waals surface area contributed by atoms with Crippen molar-refractivity contribution in [1.29, 1.82) is 0 Å². The maximum atomic E-state index is 12.2. The molecule has 6 nitrogen and oxygen atoms in total. The number of likely N-dealkylation sites (tertiary alicyclic amines) is 1. The summed E-state index contributed by atoms with van der Waals surface area (Å²) in [6.45, 7) is 1.71. The van der Waals surface area contributed by atoms with Gasteiger partial charge in [-0.1, -0.05) is 30.3 Å². The van der Waals surface area contributed by atoms with Gasteiger partial charge in [0.2, 0.25) is 0 Å². The highest BCUT2D eigenvalue weighted by Crippen LogP contribution is 2.20. The zero-order valence-electron chi connectivity index (χ0n) is 13.3. The summed E-state index contributed by atoms with van der Waals surface area (Å²) >= 11 is 0. The molecule has 1 aromatic carbocycles. The molecule has 1 aliphatic heterocycles. The number of hydrogen-bond acceptors (Lipinski definition) is 4. The highest BCUT2D eigenvalue weighted by Gasteiger charge is 2.31. The van der Waals surface area contributed by atoms with E-state index in [9.17, 15) is 15.1 Å². The number of hydrogen-bond donors (Lipinski definition) is 2. The van der Waals surface area contributed by atoms with Crippen molar-refractivity contribution < 1.29 is 14.6 Å². The van der Waals surface area contributed by atoms with Crippen molar-refractivity contribution in [1.82, 2.24) is 10.2 Å². The van der Waals surface area contributed by atoms with Crippen molar-refractivity contribution in [2.45, 2.75) is 25.1 Å². The Hall–Kier alpha value is -2.44. The summed E-state index contributed by atoms with van der Waals surface area (Å²) in [6.07, 6.45) is 1.52. The largest absolute Gasteiger partial charge is 0.618 e. The van der Waals surface area contributed by atoms with Crippen LogP contribution in [-0.4, -0.2) is 41.1 Å². The monoisotopic (exact) mass is 327 g/mol. The van der Waals surface area contributed by atoms with E-state index in [1.165, 1.54) is 17.8 Å². The van der Waals surface area contributed by atoms with Crippen molar-refractivity contribution in [3.05, 3.63) is 71.2 Å². The van der Waals surface area contributed by atoms with Crippen molar-refractivity contribution in [3.63, 3.8) is 0 Å². The number of carbonyl (C=O) groups is 1. The van der Waals surface area contributed by atoms with Crippen molar-refractivity contribution in [2.24, 2.45) is 0 Å². The maximum absolute atomic E-state index is 12.2. The standard InChI is InChI=1S/C18H21N3O3/c22-16-10-15(20(13-16)12-14-6-2-1-3-7-14)11-19-18(23)17-8-4-5-9-21(17)24/h1-9,15-16,22H,10-13H2,(H,19,23). The first-order valence-electron chi connectivity index (χ1n) is 8.06. The Morgan fingerprint density at radius 1 is 1.25 bits per heavy atom. The Morgan fingerprint density at radius 2 is 2.00 bits per heavy atom. The van der Waals surface area contributed by atoms with E-state index in [0.717, 1.165) is 6.54 Å². The number of aliphatic hydroxyl groups is 1. The lowest BCUT2D eigenvalue weighted by Crippen LogP contribution is -2.44. The van der Waals surface area contributed by atoms with E-state index >= 15 is 0 Å². The van der Waals surface area contributed by atoms with Crippen LogP contribution in [0.1, 0.15) is 22.5 Å². The normalized spacial score (nSPS) is 20.9. The van der Waals surface area contributed by atoms with Crippen molar-refractivity contribution in [3.8, 4) is 0 Å². The van der Waals surface area contributed by atoms with E-state index in [-0.39, 0.29) is 11.7 Å². The molecule has 3 rings (SSSR count). The molecule has 0 spiro atoms. The molecule has 24 heavy (non-hydrogen) atoms. The molecule has 0 radical (unpaired) electrons. The number of nitrogens with zero attached hydrogens (tertiary/aromatic N) is 2. The van der Waals surface area contributed by atoms with E-state index < -0.39 is 12.0 Å². The van der Waals surface area contributed by atoms with Gasteiger partial charge in [-0.15, -0.1) is 0 Å². The second-order valence-electron chi connectivity index (χ2n) is 6.08. The Balaban J connectivity index is 1.60. The molecule has 1 aliphatic rings. The third kappa shape index (κ3) is 3.90. The van der Waals surface area contributed by atoms with Crippen LogP contribution in [0.2, 0.25) is 0 Å². The maximum Gasteiger partial charge on any atom is 0.317 e. The fourth-order valence-electron chi connectivity index (χ4n) is 3.09. The molecule has 2 heterocycles. The fourth-order valence-corrected chi connectivity index (χ4v) is 3.09. The summed E-state index contributed by atoms with van der Waals surface area (Å²) < 4.78 is 0.556. The van der Waals surface area contributed by atoms with Gasteiger partial charge in [0.1, 0.15) is 0 Å². The molecule has 0 aliphatic carbocycles. The van der Waals surface area contributed by atoms with Crippen molar-refractivity contribution >= 4 is 5.91 Å². The van der Waals surface area contributed by atoms with Crippen molar-refractivity contribution in [2.75, 3.05) is 13.1 Å². The van der Waals surface area contributed by atoms with Gasteiger partial charge in [-0.3, -0.25) is 9.69 Å². The topological polar surface area (TPSA) is 79.5 Å². The van der Waals surface area contributed by atoms with Crippen LogP contribution in [0.3, 0.4) is 0 Å². The summed E-state index contributed by atoms with van der Waals surface area (Å²) in [5, 5.41) is 24.4. The zero-order valence-corrected chi connectivity index (χ0v) is 13.3. The summed E-state index contributed by atoms with van der Waals surface area (Å²) in [5.74, 6) is -0.397. The Labute approximate surface area is 140 Å². The van der Waals surface area contributed by atoms with Crippen LogP contribution in [0, 0.1) is 5.21 Å². The molecular formula is C18H21N3O3. The number of pyridine rings is 1. The van der Waals surface area contributed by atoms with Gasteiger partial charge < -0.3 is 15.6 Å². The molecule has 2 atom stereocenters. The van der Waals surface area contributed by atoms with Crippen LogP contribution in [0.25, 0.3) is 0 Å². The van der Waals surface area contributed by atoms with E-state index in [2.05, 4.69) is 10.2 Å². The number of rotatable bonds is 5. The molecule has 1 amide bonds. The molecule has 0 saturated carbocycles. The lowest BCUT2D eigenvalue weighted by atomic mass is 10.1. The van der Waals surface area contributed by atoms with Gasteiger partial charge in [0.25, 0.3) is 5.69 Å². The Morgan fingerprint density at radius 3 is 2.75 bits per heavy atom. The summed E-state index contributed by atoms with van der Waals surface area (Å²) in [5.41, 5.74) is 1.24. The van der Waals surface area contributed by atoms with Crippen LogP contribution in [0.5, 0.6) is 0 Å². The molecular weight excluding hydrogens is 306 g/mol. The van der Waals surface area contributed by atoms with Gasteiger partial charge >= 0.3 is 5.91 Å². The second kappa shape index (κ2) is 7.42. The SMILES string of the molecule is O=C(NCC1CC(O)CN1Cc1ccccc1)c1cccc[n+]1[O-]. The second-order valence-corrected chi connectivity index (χ2v) is 6.08. The quantitative estimate of drug-likeness (QED) is 0.625. The van der Waals surface area contributed by atoms with Gasteiger partial charge in [0, 0.05) is 37.8 Å². The highest BCUT2D eigenvalue weighted by atomic mass is 16.5. The van der Waals surface area contributed by atoms with Crippen LogP contribution in [0.15, 0.2) is 54.7 Å². The minimum Gasteiger partial charge on any atom is -0.618 e. The van der Waals surface area contributed by atoms with Gasteiger partial charge in [0.05, 0.1) is 6.10 Å². The molecule has 0 bridgehead atoms. The first-order valence-corrected chi connectivity index (χ1v) is 8.06. The molecule has 6 heteroatoms. The summed E-state index contributed by atoms with van der Waals surface area (Å²) in [4.78, 5) is 14.3. The predicted molar refractivity (Wildman–Crippen MR) is 89.0 cm³/mol. The molecule has 126 valence electrons. The number of amides is 1. The van der Waals surface area contributed by atoms with E-state index in [1.807, 2.05) is 30.3 Å². The Bertz CT molecular complexity index is 693. The number of aliphatic hydroxyl groups excluding tert-OH is 1. The molecule has 2 aromatic rings. The van der Waals surface area contributed by atoms with E-state index in [0.29, 0.717) is 24.2 Å². The first-order chi connectivity index (χ1) is 11.6. The first kappa shape index (κ1) is 16.4. The molecule has 1 fully saturated rings. The average molecular weight is 327 g/mol. The van der Waals surface area contributed by atoms with E-state index in [4.69, 9.17) is 0 Å². The minimum atomic E-state index is -0.397. The van der Waals surface area contributed by atoms with Crippen LogP contribution in [0.4, 0.5) is 0 Å². The number of aromatic nitrogens is 1. The van der Waals surface area contributed by atoms with Crippen LogP contribution < -0.4 is 10.0 Å². The predicted octanol–water partition coefficient (Wildman–Crippen LogP) is 0.685. The minimum absolute atomic E-state index is 0.0490. The number of carbonyl (C=O) groups excluding carboxylic acids is 1. The molecule has 2 N–H and O–H groups in total. The van der Waals surface area contributed by atoms with E-state index in [1.54, 1.807) is 12.1 Å². The lowest BCUT2D eigenvalue weighted by Gasteiger charge is -2.24. The lowest BCUT2D eigenvalue weighted by molar-refractivity contribution is -0.607. The third-order valence-electron chi connectivity index (χ3n) is 4.29. The smallest absolute Gasteiger partial charge is 0.317 e. The number of benzene rings is 1. The van der Waals surface area contributed by atoms with Gasteiger partial charge in [-0.05, 0) is 18.1 Å². The molecule has 1 saturated heterocycles. The molecule has 2 unspecified atom stereocenters. The zero-order chi connectivity index (χ0) is 16.9. The average Bonchev–Trinajstić information content (AvgIpc) is 2.93. The number of β-amino-alcohol motifs (C(OH)–C–C–N with tert-alkyl or cyclic N) is 1. The molecule has 1 aromatic heterocycles. The third-order valence-corrected chi connectivity index (χ3v) is 4.29. The highest BCUT2D eigenvalue weighted by molar-refractivity contribution is 5.90. The number of nitrogens with one attached hydrogen (secondary N) is 1. The fraction of sp³-hybridized carbons (Fsp3) is 0.333.